The Kier molecular flexibility index (Phi) is 6.45. The summed E-state index contributed by atoms with van der Waals surface area (Å²) in [4.78, 5) is 8.40. The van der Waals surface area contributed by atoms with Gasteiger partial charge in [0.1, 0.15) is 5.82 Å². The molecule has 0 atom stereocenters. The van der Waals surface area contributed by atoms with Gasteiger partial charge in [-0.2, -0.15) is 0 Å². The fourth-order valence-electron chi connectivity index (χ4n) is 5.50. The molecular formula is C32H29ClFN3. The third-order valence-corrected chi connectivity index (χ3v) is 7.72. The van der Waals surface area contributed by atoms with Crippen molar-refractivity contribution in [3.8, 4) is 22.4 Å². The molecule has 186 valence electrons. The molecule has 0 radical (unpaired) electrons. The van der Waals surface area contributed by atoms with Crippen molar-refractivity contribution in [1.82, 2.24) is 9.88 Å². The van der Waals surface area contributed by atoms with E-state index in [1.165, 1.54) is 38.7 Å². The molecule has 1 aliphatic rings. The first kappa shape index (κ1) is 23.8. The number of nitrogens with one attached hydrogen (secondary N) is 1. The van der Waals surface area contributed by atoms with Gasteiger partial charge in [0.05, 0.1) is 5.69 Å². The summed E-state index contributed by atoms with van der Waals surface area (Å²) >= 11 is 6.15. The summed E-state index contributed by atoms with van der Waals surface area (Å²) in [5, 5.41) is 3.23. The zero-order valence-corrected chi connectivity index (χ0v) is 21.6. The molecule has 1 aromatic heterocycles. The highest BCUT2D eigenvalue weighted by Crippen LogP contribution is 2.38. The number of halogens is 2. The van der Waals surface area contributed by atoms with E-state index in [1.54, 1.807) is 12.1 Å². The van der Waals surface area contributed by atoms with Gasteiger partial charge in [-0.15, -0.1) is 0 Å². The number of piperazine rings is 1. The van der Waals surface area contributed by atoms with Crippen molar-refractivity contribution in [2.75, 3.05) is 31.1 Å². The van der Waals surface area contributed by atoms with Crippen molar-refractivity contribution in [3.63, 3.8) is 0 Å². The molecule has 1 N–H and O–H groups in total. The van der Waals surface area contributed by atoms with E-state index in [4.69, 9.17) is 11.6 Å². The van der Waals surface area contributed by atoms with Gasteiger partial charge in [0.25, 0.3) is 0 Å². The van der Waals surface area contributed by atoms with E-state index in [0.717, 1.165) is 49.0 Å². The number of benzene rings is 4. The van der Waals surface area contributed by atoms with Gasteiger partial charge in [-0.05, 0) is 82.4 Å². The molecule has 6 rings (SSSR count). The third-order valence-electron chi connectivity index (χ3n) is 7.47. The number of fused-ring (bicyclic) bond motifs is 1. The molecule has 5 heteroatoms. The average Bonchev–Trinajstić information content (AvgIpc) is 3.37. The lowest BCUT2D eigenvalue weighted by Crippen LogP contribution is -2.46. The summed E-state index contributed by atoms with van der Waals surface area (Å²) in [6.45, 7) is 6.89. The minimum absolute atomic E-state index is 0.189. The van der Waals surface area contributed by atoms with E-state index in [2.05, 4.69) is 76.4 Å². The van der Waals surface area contributed by atoms with Crippen LogP contribution in [-0.4, -0.2) is 36.1 Å². The molecule has 1 fully saturated rings. The predicted molar refractivity (Wildman–Crippen MR) is 153 cm³/mol. The summed E-state index contributed by atoms with van der Waals surface area (Å²) in [6, 6.07) is 28.1. The van der Waals surface area contributed by atoms with Crippen molar-refractivity contribution in [3.05, 3.63) is 113 Å². The highest BCUT2D eigenvalue weighted by Gasteiger charge is 2.20. The quantitative estimate of drug-likeness (QED) is 0.260. The van der Waals surface area contributed by atoms with E-state index >= 15 is 0 Å². The first-order valence-corrected chi connectivity index (χ1v) is 13.1. The lowest BCUT2D eigenvalue weighted by molar-refractivity contribution is 0.250. The van der Waals surface area contributed by atoms with Gasteiger partial charge in [-0.3, -0.25) is 4.90 Å². The van der Waals surface area contributed by atoms with Gasteiger partial charge in [0.2, 0.25) is 0 Å². The number of aromatic nitrogens is 1. The highest BCUT2D eigenvalue weighted by atomic mass is 35.5. The monoisotopic (exact) mass is 509 g/mol. The number of rotatable bonds is 5. The Balaban J connectivity index is 1.28. The number of nitrogens with zero attached hydrogens (tertiary/aromatic N) is 2. The van der Waals surface area contributed by atoms with Crippen LogP contribution in [0, 0.1) is 12.7 Å². The zero-order chi connectivity index (χ0) is 25.4. The van der Waals surface area contributed by atoms with Gasteiger partial charge >= 0.3 is 0 Å². The van der Waals surface area contributed by atoms with Crippen LogP contribution in [0.2, 0.25) is 5.02 Å². The number of H-pyrrole nitrogens is 1. The van der Waals surface area contributed by atoms with Gasteiger partial charge in [-0.25, -0.2) is 4.39 Å². The predicted octanol–water partition coefficient (Wildman–Crippen LogP) is 7.93. The Labute approximate surface area is 222 Å². The lowest BCUT2D eigenvalue weighted by atomic mass is 9.91. The molecule has 4 aromatic carbocycles. The number of aryl methyl sites for hydroxylation is 1. The number of hydrogen-bond donors (Lipinski definition) is 1. The maximum Gasteiger partial charge on any atom is 0.123 e. The van der Waals surface area contributed by atoms with E-state index in [-0.39, 0.29) is 5.82 Å². The number of hydrogen-bond acceptors (Lipinski definition) is 2. The second-order valence-electron chi connectivity index (χ2n) is 9.78. The van der Waals surface area contributed by atoms with Crippen LogP contribution < -0.4 is 4.90 Å². The molecular weight excluding hydrogens is 481 g/mol. The standard InChI is InChI=1S/C32H29ClFN3/c1-22-5-14-29-28(23-6-8-25(33)9-7-23)3-2-4-30(29)31(22)32-24(15-16-35-32)21-36-17-19-37(20-18-36)27-12-10-26(34)11-13-27/h2-16,35H,17-21H2,1H3. The zero-order valence-electron chi connectivity index (χ0n) is 20.8. The molecule has 5 aromatic rings. The molecule has 37 heavy (non-hydrogen) atoms. The van der Waals surface area contributed by atoms with Gasteiger partial charge in [-0.1, -0.05) is 54.1 Å². The largest absolute Gasteiger partial charge is 0.369 e. The molecule has 0 unspecified atom stereocenters. The fraction of sp³-hybridized carbons (Fsp3) is 0.188. The van der Waals surface area contributed by atoms with Crippen molar-refractivity contribution in [2.24, 2.45) is 0 Å². The van der Waals surface area contributed by atoms with Crippen LogP contribution in [-0.2, 0) is 6.54 Å². The first-order chi connectivity index (χ1) is 18.1. The minimum Gasteiger partial charge on any atom is -0.369 e. The average molecular weight is 510 g/mol. The van der Waals surface area contributed by atoms with E-state index in [1.807, 2.05) is 24.3 Å². The lowest BCUT2D eigenvalue weighted by Gasteiger charge is -2.36. The SMILES string of the molecule is Cc1ccc2c(-c3ccc(Cl)cc3)cccc2c1-c1[nH]ccc1CN1CCN(c2ccc(F)cc2)CC1. The molecule has 1 saturated heterocycles. The minimum atomic E-state index is -0.189. The number of aromatic amines is 1. The topological polar surface area (TPSA) is 22.3 Å². The van der Waals surface area contributed by atoms with E-state index < -0.39 is 0 Å². The summed E-state index contributed by atoms with van der Waals surface area (Å²) < 4.78 is 13.3. The molecule has 3 nitrogen and oxygen atoms in total. The first-order valence-electron chi connectivity index (χ1n) is 12.7. The second kappa shape index (κ2) is 10.0. The summed E-state index contributed by atoms with van der Waals surface area (Å²) in [6.07, 6.45) is 2.06. The Hall–Kier alpha value is -3.60. The summed E-state index contributed by atoms with van der Waals surface area (Å²) in [5.74, 6) is -0.189. The molecule has 1 aliphatic heterocycles. The van der Waals surface area contributed by atoms with Crippen molar-refractivity contribution in [2.45, 2.75) is 13.5 Å². The van der Waals surface area contributed by atoms with Gasteiger partial charge in [0, 0.05) is 55.2 Å². The van der Waals surface area contributed by atoms with Crippen molar-refractivity contribution in [1.29, 1.82) is 0 Å². The molecule has 0 aliphatic carbocycles. The molecule has 0 saturated carbocycles. The second-order valence-corrected chi connectivity index (χ2v) is 10.2. The van der Waals surface area contributed by atoms with Crippen molar-refractivity contribution < 1.29 is 4.39 Å². The van der Waals surface area contributed by atoms with Crippen LogP contribution in [0.1, 0.15) is 11.1 Å². The van der Waals surface area contributed by atoms with Crippen LogP contribution in [0.15, 0.2) is 91.1 Å². The van der Waals surface area contributed by atoms with Crippen LogP contribution in [0.3, 0.4) is 0 Å². The smallest absolute Gasteiger partial charge is 0.123 e. The van der Waals surface area contributed by atoms with Gasteiger partial charge < -0.3 is 9.88 Å². The Bertz CT molecular complexity index is 1530. The van der Waals surface area contributed by atoms with Crippen LogP contribution in [0.25, 0.3) is 33.2 Å². The van der Waals surface area contributed by atoms with Crippen molar-refractivity contribution >= 4 is 28.1 Å². The Morgan fingerprint density at radius 3 is 2.32 bits per heavy atom. The third kappa shape index (κ3) is 4.75. The van der Waals surface area contributed by atoms with Crippen LogP contribution in [0.4, 0.5) is 10.1 Å². The normalized spacial score (nSPS) is 14.4. The van der Waals surface area contributed by atoms with Crippen LogP contribution >= 0.6 is 11.6 Å². The fourth-order valence-corrected chi connectivity index (χ4v) is 5.63. The number of anilines is 1. The molecule has 2 heterocycles. The molecule has 0 amide bonds. The van der Waals surface area contributed by atoms with Crippen LogP contribution in [0.5, 0.6) is 0 Å². The van der Waals surface area contributed by atoms with E-state index in [9.17, 15) is 4.39 Å². The highest BCUT2D eigenvalue weighted by molar-refractivity contribution is 6.30. The van der Waals surface area contributed by atoms with Gasteiger partial charge in [0.15, 0.2) is 0 Å². The van der Waals surface area contributed by atoms with E-state index in [0.29, 0.717) is 0 Å². The maximum atomic E-state index is 13.3. The summed E-state index contributed by atoms with van der Waals surface area (Å²) in [5.41, 5.74) is 8.48. The molecule has 0 bridgehead atoms. The molecule has 0 spiro atoms. The summed E-state index contributed by atoms with van der Waals surface area (Å²) in [7, 11) is 0. The Morgan fingerprint density at radius 2 is 1.57 bits per heavy atom. The maximum absolute atomic E-state index is 13.3. The Morgan fingerprint density at radius 1 is 0.811 bits per heavy atom.